The van der Waals surface area contributed by atoms with Crippen molar-refractivity contribution < 1.29 is 62.8 Å². The van der Waals surface area contributed by atoms with Crippen LogP contribution in [0.2, 0.25) is 0 Å². The number of Topliss-reactive ketones (excluding diaryl/α,β-unsaturated/α-hetero) is 1. The molecular formula is C49H81N3O13. The third-order valence-electron chi connectivity index (χ3n) is 15.9. The van der Waals surface area contributed by atoms with Crippen molar-refractivity contribution in [1.29, 1.82) is 0 Å². The van der Waals surface area contributed by atoms with E-state index in [0.29, 0.717) is 6.54 Å². The van der Waals surface area contributed by atoms with Gasteiger partial charge >= 0.3 is 5.97 Å². The van der Waals surface area contributed by atoms with E-state index in [1.54, 1.807) is 48.7 Å². The van der Waals surface area contributed by atoms with E-state index < -0.39 is 102 Å². The van der Waals surface area contributed by atoms with E-state index in [1.165, 1.54) is 18.4 Å². The van der Waals surface area contributed by atoms with Gasteiger partial charge in [-0.15, -0.1) is 0 Å². The number of carbonyl (C=O) groups is 2. The van der Waals surface area contributed by atoms with Gasteiger partial charge in [-0.1, -0.05) is 39.8 Å². The van der Waals surface area contributed by atoms with Gasteiger partial charge in [0.15, 0.2) is 12.6 Å². The number of ether oxygens (including phenoxy) is 8. The average Bonchev–Trinajstić information content (AvgIpc) is 3.81. The molecule has 0 radical (unpaired) electrons. The highest BCUT2D eigenvalue weighted by atomic mass is 16.7. The van der Waals surface area contributed by atoms with Crippen molar-refractivity contribution in [3.05, 3.63) is 29.8 Å². The molecule has 65 heavy (non-hydrogen) atoms. The van der Waals surface area contributed by atoms with Crippen molar-refractivity contribution in [3.8, 4) is 0 Å². The molecule has 16 nitrogen and oxygen atoms in total. The van der Waals surface area contributed by atoms with Gasteiger partial charge in [-0.25, -0.2) is 0 Å². The molecule has 0 amide bonds. The van der Waals surface area contributed by atoms with Crippen molar-refractivity contribution >= 4 is 17.4 Å². The Hall–Kier alpha value is -2.32. The van der Waals surface area contributed by atoms with Gasteiger partial charge < -0.3 is 63.0 Å². The van der Waals surface area contributed by atoms with Gasteiger partial charge in [0.1, 0.15) is 23.6 Å². The monoisotopic (exact) mass is 920 g/mol. The van der Waals surface area contributed by atoms with Crippen molar-refractivity contribution in [2.45, 2.75) is 172 Å². The van der Waals surface area contributed by atoms with Crippen LogP contribution in [0, 0.1) is 29.6 Å². The molecule has 5 fully saturated rings. The van der Waals surface area contributed by atoms with Gasteiger partial charge in [-0.2, -0.15) is 0 Å². The van der Waals surface area contributed by atoms with Crippen LogP contribution in [0.5, 0.6) is 0 Å². The van der Waals surface area contributed by atoms with E-state index in [2.05, 4.69) is 46.0 Å². The minimum Gasteiger partial charge on any atom is -0.458 e. The van der Waals surface area contributed by atoms with Gasteiger partial charge in [0.05, 0.1) is 66.9 Å². The minimum atomic E-state index is -1.81. The fraction of sp³-hybridized carbons (Fsp3) is 0.837. The first-order chi connectivity index (χ1) is 30.5. The summed E-state index contributed by atoms with van der Waals surface area (Å²) in [6.45, 7) is 20.1. The molecule has 4 heterocycles. The topological polar surface area (TPSA) is 178 Å². The number of fused-ring (bicyclic) bond motifs is 1. The third-order valence-corrected chi connectivity index (χ3v) is 15.9. The molecule has 1 saturated carbocycles. The lowest BCUT2D eigenvalue weighted by atomic mass is 9.75. The Kier molecular flexibility index (Phi) is 16.6. The first kappa shape index (κ1) is 52.1. The fourth-order valence-corrected chi connectivity index (χ4v) is 11.4. The zero-order valence-electron chi connectivity index (χ0n) is 41.5. The molecule has 1 unspecified atom stereocenters. The third kappa shape index (κ3) is 10.6. The van der Waals surface area contributed by atoms with E-state index >= 15 is 0 Å². The predicted octanol–water partition coefficient (Wildman–Crippen LogP) is 3.64. The van der Waals surface area contributed by atoms with Crippen LogP contribution in [-0.4, -0.2) is 183 Å². The predicted molar refractivity (Wildman–Crippen MR) is 243 cm³/mol. The maximum absolute atomic E-state index is 14.4. The average molecular weight is 920 g/mol. The smallest absolute Gasteiger partial charge is 0.311 e. The summed E-state index contributed by atoms with van der Waals surface area (Å²) in [5, 5.41) is 34.4. The van der Waals surface area contributed by atoms with Crippen molar-refractivity contribution in [2.24, 2.45) is 29.6 Å². The molecule has 370 valence electrons. The Morgan fingerprint density at radius 3 is 2.06 bits per heavy atom. The van der Waals surface area contributed by atoms with Crippen LogP contribution in [0.25, 0.3) is 0 Å². The van der Waals surface area contributed by atoms with E-state index in [0.717, 1.165) is 32.7 Å². The minimum absolute atomic E-state index is 0.0152. The summed E-state index contributed by atoms with van der Waals surface area (Å²) in [4.78, 5) is 35.5. The SMILES string of the molecule is CO[C@]1(C)C[C@H](O[C@H]2[C@H](C)[C@@H](O[C@@H]3O[C@H](C)C[C@@H](N(C)Cc4ccc(N5CCOCC5)cc4)[C@@H]3N(C)C)[C@@](C)(OC)C[C@@H](C)C(=O)[C@H](C)[C@@H](O)[C@@]3(O)C(C)[C@H]3OC(=O)[C@@H]2C)O[C@@H](C)[C@@H]1O. The molecule has 1 aromatic carbocycles. The Bertz CT molecular complexity index is 1750. The highest BCUT2D eigenvalue weighted by molar-refractivity contribution is 5.84. The summed E-state index contributed by atoms with van der Waals surface area (Å²) in [7, 11) is 9.29. The molecule has 4 saturated heterocycles. The van der Waals surface area contributed by atoms with Crippen LogP contribution >= 0.6 is 0 Å². The molecule has 6 rings (SSSR count). The Morgan fingerprint density at radius 2 is 1.46 bits per heavy atom. The van der Waals surface area contributed by atoms with E-state index in [9.17, 15) is 24.9 Å². The van der Waals surface area contributed by atoms with Gasteiger partial charge in [0.2, 0.25) is 0 Å². The quantitative estimate of drug-likeness (QED) is 0.274. The van der Waals surface area contributed by atoms with E-state index in [1.807, 2.05) is 34.9 Å². The number of rotatable bonds is 11. The van der Waals surface area contributed by atoms with Gasteiger partial charge in [0, 0.05) is 75.7 Å². The Labute approximate surface area is 387 Å². The molecule has 5 aliphatic rings. The molecule has 0 spiro atoms. The summed E-state index contributed by atoms with van der Waals surface area (Å²) >= 11 is 0. The standard InChI is InChI=1S/C49H81N3O13/c1-27-24-48(9,59-14)43(65-46-38(50(10)11)36(23-28(2)61-46)51(12)26-34-15-17-35(18-16-34)52-19-21-60-22-20-52)30(4)40(63-37-25-47(8,58-13)42(55)33(7)62-37)31(5)45(56)64-44-32(6)49(44,57)41(54)29(3)39(27)53/h15-18,27-33,36-38,40-44,46,54-55,57H,19-26H2,1-14H3/t27-,28-,29+,30+,31-,32?,33+,36-,37+,38+,40+,41-,42+,43-,44-,46+,47-,48+,49+/m1/s1. The second-order valence-corrected chi connectivity index (χ2v) is 20.8. The number of carbonyl (C=O) groups excluding carboxylic acids is 2. The van der Waals surface area contributed by atoms with Gasteiger partial charge in [-0.3, -0.25) is 14.5 Å². The molecule has 1 aromatic rings. The van der Waals surface area contributed by atoms with Crippen LogP contribution in [0.1, 0.15) is 87.1 Å². The number of hydrogen-bond acceptors (Lipinski definition) is 16. The maximum atomic E-state index is 14.4. The number of morpholine rings is 1. The molecule has 19 atom stereocenters. The summed E-state index contributed by atoms with van der Waals surface area (Å²) < 4.78 is 51.3. The van der Waals surface area contributed by atoms with Crippen molar-refractivity contribution in [2.75, 3.05) is 66.6 Å². The number of likely N-dealkylation sites (N-methyl/N-ethyl adjacent to an activating group) is 2. The fourth-order valence-electron chi connectivity index (χ4n) is 11.4. The summed E-state index contributed by atoms with van der Waals surface area (Å²) in [6.07, 6.45) is -6.85. The normalized spacial score (nSPS) is 44.7. The number of anilines is 1. The lowest BCUT2D eigenvalue weighted by Crippen LogP contribution is -2.63. The lowest BCUT2D eigenvalue weighted by Gasteiger charge is -2.51. The molecule has 1 aliphatic carbocycles. The molecular weight excluding hydrogens is 839 g/mol. The molecule has 3 N–H and O–H groups in total. The number of nitrogens with zero attached hydrogens (tertiary/aromatic N) is 3. The second kappa shape index (κ2) is 20.7. The number of aliphatic hydroxyl groups excluding tert-OH is 2. The number of hydrogen-bond donors (Lipinski definition) is 3. The number of methoxy groups -OCH3 is 2. The molecule has 4 aliphatic heterocycles. The second-order valence-electron chi connectivity index (χ2n) is 20.8. The van der Waals surface area contributed by atoms with E-state index in [-0.39, 0.29) is 36.8 Å². The van der Waals surface area contributed by atoms with Crippen LogP contribution in [0.3, 0.4) is 0 Å². The Balaban J connectivity index is 1.37. The number of esters is 1. The van der Waals surface area contributed by atoms with Gasteiger partial charge in [-0.05, 0) is 86.3 Å². The van der Waals surface area contributed by atoms with Crippen LogP contribution in [-0.2, 0) is 54.0 Å². The number of benzene rings is 1. The summed E-state index contributed by atoms with van der Waals surface area (Å²) in [5.74, 6) is -4.79. The zero-order chi connectivity index (χ0) is 47.9. The van der Waals surface area contributed by atoms with Crippen LogP contribution in [0.15, 0.2) is 24.3 Å². The molecule has 0 bridgehead atoms. The van der Waals surface area contributed by atoms with Crippen molar-refractivity contribution in [3.63, 3.8) is 0 Å². The first-order valence-electron chi connectivity index (χ1n) is 23.8. The summed E-state index contributed by atoms with van der Waals surface area (Å²) in [6, 6.07) is 8.45. The number of aliphatic hydroxyl groups is 3. The molecule has 0 aromatic heterocycles. The largest absolute Gasteiger partial charge is 0.458 e. The summed E-state index contributed by atoms with van der Waals surface area (Å²) in [5.41, 5.74) is -1.67. The maximum Gasteiger partial charge on any atom is 0.311 e. The van der Waals surface area contributed by atoms with E-state index in [4.69, 9.17) is 37.9 Å². The van der Waals surface area contributed by atoms with Crippen LogP contribution in [0.4, 0.5) is 5.69 Å². The first-order valence-corrected chi connectivity index (χ1v) is 23.8. The lowest BCUT2D eigenvalue weighted by molar-refractivity contribution is -0.314. The highest BCUT2D eigenvalue weighted by Crippen LogP contribution is 2.52. The highest BCUT2D eigenvalue weighted by Gasteiger charge is 2.70. The number of ketones is 1. The Morgan fingerprint density at radius 1 is 0.831 bits per heavy atom. The van der Waals surface area contributed by atoms with Crippen LogP contribution < -0.4 is 4.90 Å². The van der Waals surface area contributed by atoms with Gasteiger partial charge in [0.25, 0.3) is 0 Å². The zero-order valence-corrected chi connectivity index (χ0v) is 41.5. The van der Waals surface area contributed by atoms with Crippen molar-refractivity contribution in [1.82, 2.24) is 9.80 Å². The molecule has 16 heteroatoms.